The Balaban J connectivity index is 1.58. The summed E-state index contributed by atoms with van der Waals surface area (Å²) in [5.41, 5.74) is 2.99. The molecule has 0 aliphatic carbocycles. The van der Waals surface area contributed by atoms with Crippen LogP contribution in [-0.2, 0) is 11.3 Å². The minimum Gasteiger partial charge on any atom is -0.445 e. The Kier molecular flexibility index (Phi) is 4.88. The number of nitrogens with zero attached hydrogens (tertiary/aromatic N) is 1. The molecule has 0 aliphatic rings. The lowest BCUT2D eigenvalue weighted by atomic mass is 10.1. The lowest BCUT2D eigenvalue weighted by Gasteiger charge is -2.22. The van der Waals surface area contributed by atoms with Crippen LogP contribution in [0.3, 0.4) is 0 Å². The Morgan fingerprint density at radius 3 is 2.30 bits per heavy atom. The maximum Gasteiger partial charge on any atom is 0.409 e. The molecule has 0 saturated carbocycles. The van der Waals surface area contributed by atoms with Crippen molar-refractivity contribution in [2.45, 2.75) is 12.8 Å². The normalized spacial score (nSPS) is 11.9. The fourth-order valence-electron chi connectivity index (χ4n) is 3.15. The van der Waals surface area contributed by atoms with Crippen LogP contribution in [0.5, 0.6) is 0 Å². The SMILES string of the molecule is O=C(NC(c1ccccc1)n1ccc2ccccc21)OCc1ccccc1. The molecule has 0 fully saturated rings. The zero-order valence-corrected chi connectivity index (χ0v) is 14.8. The third-order valence-corrected chi connectivity index (χ3v) is 4.49. The molecule has 1 atom stereocenters. The van der Waals surface area contributed by atoms with Gasteiger partial charge in [-0.1, -0.05) is 78.9 Å². The number of rotatable bonds is 5. The van der Waals surface area contributed by atoms with E-state index in [-0.39, 0.29) is 12.8 Å². The van der Waals surface area contributed by atoms with Gasteiger partial charge in [0.15, 0.2) is 0 Å². The van der Waals surface area contributed by atoms with Crippen molar-refractivity contribution in [3.8, 4) is 0 Å². The summed E-state index contributed by atoms with van der Waals surface area (Å²) in [6.07, 6.45) is 1.18. The van der Waals surface area contributed by atoms with E-state index in [1.54, 1.807) is 0 Å². The molecular formula is C23H20N2O2. The average Bonchev–Trinajstić information content (AvgIpc) is 3.16. The van der Waals surface area contributed by atoms with Gasteiger partial charge in [-0.15, -0.1) is 0 Å². The van der Waals surface area contributed by atoms with Crippen LogP contribution >= 0.6 is 0 Å². The summed E-state index contributed by atoms with van der Waals surface area (Å²) in [7, 11) is 0. The molecular weight excluding hydrogens is 336 g/mol. The number of carbonyl (C=O) groups excluding carboxylic acids is 1. The number of benzene rings is 3. The van der Waals surface area contributed by atoms with E-state index in [2.05, 4.69) is 16.0 Å². The topological polar surface area (TPSA) is 43.3 Å². The van der Waals surface area contributed by atoms with Crippen molar-refractivity contribution in [1.29, 1.82) is 0 Å². The Hall–Kier alpha value is -3.53. The van der Waals surface area contributed by atoms with Gasteiger partial charge in [0, 0.05) is 6.20 Å². The van der Waals surface area contributed by atoms with Gasteiger partial charge in [0.2, 0.25) is 0 Å². The van der Waals surface area contributed by atoms with Crippen molar-refractivity contribution >= 4 is 17.0 Å². The molecule has 4 nitrogen and oxygen atoms in total. The number of fused-ring (bicyclic) bond motifs is 1. The number of para-hydroxylation sites is 1. The highest BCUT2D eigenvalue weighted by atomic mass is 16.5. The quantitative estimate of drug-likeness (QED) is 0.540. The van der Waals surface area contributed by atoms with Gasteiger partial charge >= 0.3 is 6.09 Å². The van der Waals surface area contributed by atoms with Crippen LogP contribution in [0, 0.1) is 0 Å². The van der Waals surface area contributed by atoms with Gasteiger partial charge in [-0.25, -0.2) is 4.79 Å². The van der Waals surface area contributed by atoms with Gasteiger partial charge in [-0.3, -0.25) is 5.32 Å². The highest BCUT2D eigenvalue weighted by Crippen LogP contribution is 2.23. The number of amides is 1. The smallest absolute Gasteiger partial charge is 0.409 e. The molecule has 4 rings (SSSR count). The molecule has 1 aromatic heterocycles. The summed E-state index contributed by atoms with van der Waals surface area (Å²) in [5, 5.41) is 4.12. The largest absolute Gasteiger partial charge is 0.445 e. The summed E-state index contributed by atoms with van der Waals surface area (Å²) < 4.78 is 7.48. The van der Waals surface area contributed by atoms with E-state index in [0.29, 0.717) is 0 Å². The first-order chi connectivity index (χ1) is 13.3. The van der Waals surface area contributed by atoms with Gasteiger partial charge in [-0.05, 0) is 28.6 Å². The van der Waals surface area contributed by atoms with Crippen LogP contribution in [0.1, 0.15) is 17.3 Å². The Morgan fingerprint density at radius 2 is 1.52 bits per heavy atom. The number of aromatic nitrogens is 1. The van der Waals surface area contributed by atoms with Crippen molar-refractivity contribution in [2.24, 2.45) is 0 Å². The highest BCUT2D eigenvalue weighted by Gasteiger charge is 2.18. The van der Waals surface area contributed by atoms with E-state index in [4.69, 9.17) is 4.74 Å². The van der Waals surface area contributed by atoms with Gasteiger partial charge in [0.1, 0.15) is 12.8 Å². The average molecular weight is 356 g/mol. The van der Waals surface area contributed by atoms with Crippen molar-refractivity contribution in [2.75, 3.05) is 0 Å². The number of ether oxygens (including phenoxy) is 1. The van der Waals surface area contributed by atoms with Crippen LogP contribution in [0.2, 0.25) is 0 Å². The van der Waals surface area contributed by atoms with Crippen molar-refractivity contribution in [1.82, 2.24) is 9.88 Å². The molecule has 0 radical (unpaired) electrons. The molecule has 0 aliphatic heterocycles. The van der Waals surface area contributed by atoms with Crippen LogP contribution < -0.4 is 5.32 Å². The van der Waals surface area contributed by atoms with E-state index in [9.17, 15) is 4.79 Å². The summed E-state index contributed by atoms with van der Waals surface area (Å²) >= 11 is 0. The molecule has 0 bridgehead atoms. The first kappa shape index (κ1) is 16.9. The molecule has 1 unspecified atom stereocenters. The number of nitrogens with one attached hydrogen (secondary N) is 1. The predicted octanol–water partition coefficient (Wildman–Crippen LogP) is 5.11. The Bertz CT molecular complexity index is 1030. The zero-order chi connectivity index (χ0) is 18.5. The fourth-order valence-corrected chi connectivity index (χ4v) is 3.15. The first-order valence-corrected chi connectivity index (χ1v) is 8.89. The second-order valence-corrected chi connectivity index (χ2v) is 6.30. The Morgan fingerprint density at radius 1 is 0.852 bits per heavy atom. The van der Waals surface area contributed by atoms with Gasteiger partial charge in [0.05, 0.1) is 5.52 Å². The molecule has 0 spiro atoms. The highest BCUT2D eigenvalue weighted by molar-refractivity contribution is 5.80. The number of carbonyl (C=O) groups is 1. The lowest BCUT2D eigenvalue weighted by Crippen LogP contribution is -2.33. The van der Waals surface area contributed by atoms with Crippen molar-refractivity contribution in [3.63, 3.8) is 0 Å². The van der Waals surface area contributed by atoms with Crippen LogP contribution in [-0.4, -0.2) is 10.7 Å². The minimum absolute atomic E-state index is 0.237. The standard InChI is InChI=1S/C23H20N2O2/c26-23(27-17-18-9-3-1-4-10-18)24-22(20-12-5-2-6-13-20)25-16-15-19-11-7-8-14-21(19)25/h1-16,22H,17H2,(H,24,26). The van der Waals surface area contributed by atoms with Crippen molar-refractivity contribution in [3.05, 3.63) is 108 Å². The van der Waals surface area contributed by atoms with Crippen LogP contribution in [0.4, 0.5) is 4.79 Å². The molecule has 0 saturated heterocycles. The maximum atomic E-state index is 12.5. The van der Waals surface area contributed by atoms with Gasteiger partial charge in [-0.2, -0.15) is 0 Å². The molecule has 27 heavy (non-hydrogen) atoms. The second-order valence-electron chi connectivity index (χ2n) is 6.30. The van der Waals surface area contributed by atoms with E-state index < -0.39 is 6.09 Å². The molecule has 134 valence electrons. The summed E-state index contributed by atoms with van der Waals surface area (Å²) in [6, 6.07) is 29.7. The molecule has 1 heterocycles. The van der Waals surface area contributed by atoms with E-state index >= 15 is 0 Å². The number of alkyl carbamates (subject to hydrolysis) is 1. The molecule has 1 amide bonds. The molecule has 1 N–H and O–H groups in total. The third-order valence-electron chi connectivity index (χ3n) is 4.49. The predicted molar refractivity (Wildman–Crippen MR) is 106 cm³/mol. The Labute approximate surface area is 158 Å². The summed E-state index contributed by atoms with van der Waals surface area (Å²) in [5.74, 6) is 0. The van der Waals surface area contributed by atoms with Gasteiger partial charge in [0.25, 0.3) is 0 Å². The lowest BCUT2D eigenvalue weighted by molar-refractivity contribution is 0.134. The summed E-state index contributed by atoms with van der Waals surface area (Å²) in [4.78, 5) is 12.5. The number of hydrogen-bond donors (Lipinski definition) is 1. The number of hydrogen-bond acceptors (Lipinski definition) is 2. The van der Waals surface area contributed by atoms with Crippen LogP contribution in [0.15, 0.2) is 97.2 Å². The second kappa shape index (κ2) is 7.79. The zero-order valence-electron chi connectivity index (χ0n) is 14.8. The summed E-state index contributed by atoms with van der Waals surface area (Å²) in [6.45, 7) is 0.237. The fraction of sp³-hybridized carbons (Fsp3) is 0.0870. The third kappa shape index (κ3) is 3.85. The van der Waals surface area contributed by atoms with Crippen LogP contribution in [0.25, 0.3) is 10.9 Å². The minimum atomic E-state index is -0.453. The van der Waals surface area contributed by atoms with E-state index in [1.165, 1.54) is 0 Å². The monoisotopic (exact) mass is 356 g/mol. The van der Waals surface area contributed by atoms with Crippen molar-refractivity contribution < 1.29 is 9.53 Å². The van der Waals surface area contributed by atoms with Gasteiger partial charge < -0.3 is 9.30 Å². The molecule has 4 aromatic rings. The maximum absolute atomic E-state index is 12.5. The molecule has 3 aromatic carbocycles. The van der Waals surface area contributed by atoms with E-state index in [1.807, 2.05) is 91.1 Å². The first-order valence-electron chi connectivity index (χ1n) is 8.89. The molecule has 4 heteroatoms. The van der Waals surface area contributed by atoms with E-state index in [0.717, 1.165) is 22.0 Å².